The third-order valence-corrected chi connectivity index (χ3v) is 5.61. The second kappa shape index (κ2) is 5.57. The van der Waals surface area contributed by atoms with Crippen LogP contribution in [-0.4, -0.2) is 18.0 Å². The molecule has 0 radical (unpaired) electrons. The van der Waals surface area contributed by atoms with Crippen LogP contribution in [0.2, 0.25) is 0 Å². The van der Waals surface area contributed by atoms with Crippen LogP contribution in [0, 0.1) is 11.3 Å². The molecule has 2 nitrogen and oxygen atoms in total. The van der Waals surface area contributed by atoms with E-state index in [1.54, 1.807) is 0 Å². The molecule has 4 atom stereocenters. The van der Waals surface area contributed by atoms with Gasteiger partial charge in [0.15, 0.2) is 5.78 Å². The minimum atomic E-state index is -0.260. The Bertz CT molecular complexity index is 506. The third kappa shape index (κ3) is 2.66. The second-order valence-corrected chi connectivity index (χ2v) is 7.29. The summed E-state index contributed by atoms with van der Waals surface area (Å²) < 4.78 is 6.25. The summed E-state index contributed by atoms with van der Waals surface area (Å²) in [6.45, 7) is 6.19. The van der Waals surface area contributed by atoms with Gasteiger partial charge in [0, 0.05) is 11.3 Å². The van der Waals surface area contributed by atoms with E-state index in [0.29, 0.717) is 17.6 Å². The molecule has 1 aromatic carbocycles. The maximum absolute atomic E-state index is 12.8. The zero-order valence-electron chi connectivity index (χ0n) is 13.3. The lowest BCUT2D eigenvalue weighted by molar-refractivity contribution is -0.171. The molecule has 2 heterocycles. The summed E-state index contributed by atoms with van der Waals surface area (Å²) in [4.78, 5) is 12.8. The molecule has 1 aromatic rings. The lowest BCUT2D eigenvalue weighted by Crippen LogP contribution is -2.51. The first kappa shape index (κ1) is 14.8. The van der Waals surface area contributed by atoms with E-state index in [0.717, 1.165) is 25.7 Å². The molecular formula is C19H26O2. The highest BCUT2D eigenvalue weighted by Crippen LogP contribution is 2.47. The molecule has 0 spiro atoms. The van der Waals surface area contributed by atoms with Crippen LogP contribution in [0.5, 0.6) is 0 Å². The fourth-order valence-corrected chi connectivity index (χ4v) is 3.80. The van der Waals surface area contributed by atoms with Gasteiger partial charge in [-0.25, -0.2) is 0 Å². The van der Waals surface area contributed by atoms with E-state index >= 15 is 0 Å². The highest BCUT2D eigenvalue weighted by atomic mass is 16.5. The standard InChI is InChI=1S/C19H26O2/c1-4-19(2,3)18(20)17-14-10-11-16(21-17)15(12-14)13-8-6-5-7-9-13/h5-9,14-17H,4,10-12H2,1-3H3. The first-order valence-corrected chi connectivity index (χ1v) is 8.27. The highest BCUT2D eigenvalue weighted by molar-refractivity contribution is 5.88. The van der Waals surface area contributed by atoms with Crippen LogP contribution < -0.4 is 0 Å². The molecule has 0 N–H and O–H groups in total. The average Bonchev–Trinajstić information content (AvgIpc) is 2.55. The number of hydrogen-bond acceptors (Lipinski definition) is 2. The molecule has 2 saturated heterocycles. The monoisotopic (exact) mass is 286 g/mol. The third-order valence-electron chi connectivity index (χ3n) is 5.61. The van der Waals surface area contributed by atoms with Crippen LogP contribution in [0.1, 0.15) is 57.9 Å². The predicted octanol–water partition coefficient (Wildman–Crippen LogP) is 4.34. The smallest absolute Gasteiger partial charge is 0.167 e. The highest BCUT2D eigenvalue weighted by Gasteiger charge is 2.48. The molecule has 3 aliphatic rings. The van der Waals surface area contributed by atoms with Gasteiger partial charge in [0.2, 0.25) is 0 Å². The number of carbonyl (C=O) groups excluding carboxylic acids is 1. The van der Waals surface area contributed by atoms with Crippen LogP contribution in [0.4, 0.5) is 0 Å². The number of hydrogen-bond donors (Lipinski definition) is 0. The van der Waals surface area contributed by atoms with Gasteiger partial charge in [-0.05, 0) is 37.2 Å². The summed E-state index contributed by atoms with van der Waals surface area (Å²) in [5, 5.41) is 0. The van der Waals surface area contributed by atoms with Gasteiger partial charge < -0.3 is 4.74 Å². The lowest BCUT2D eigenvalue weighted by Gasteiger charge is -2.48. The summed E-state index contributed by atoms with van der Waals surface area (Å²) in [6.07, 6.45) is 4.28. The first-order chi connectivity index (χ1) is 10.0. The van der Waals surface area contributed by atoms with Crippen molar-refractivity contribution in [2.75, 3.05) is 0 Å². The Kier molecular flexibility index (Phi) is 3.92. The number of fused-ring (bicyclic) bond motifs is 3. The minimum absolute atomic E-state index is 0.168. The molecule has 21 heavy (non-hydrogen) atoms. The van der Waals surface area contributed by atoms with Crippen LogP contribution in [0.25, 0.3) is 0 Å². The van der Waals surface area contributed by atoms with Gasteiger partial charge in [0.25, 0.3) is 0 Å². The largest absolute Gasteiger partial charge is 0.366 e. The molecule has 0 aromatic heterocycles. The molecule has 1 saturated carbocycles. The minimum Gasteiger partial charge on any atom is -0.366 e. The summed E-state index contributed by atoms with van der Waals surface area (Å²) in [5.41, 5.74) is 1.11. The summed E-state index contributed by atoms with van der Waals surface area (Å²) >= 11 is 0. The van der Waals surface area contributed by atoms with E-state index < -0.39 is 0 Å². The van der Waals surface area contributed by atoms with Crippen molar-refractivity contribution in [1.82, 2.24) is 0 Å². The topological polar surface area (TPSA) is 26.3 Å². The number of rotatable bonds is 4. The van der Waals surface area contributed by atoms with Crippen molar-refractivity contribution >= 4 is 5.78 Å². The van der Waals surface area contributed by atoms with Gasteiger partial charge in [0.05, 0.1) is 6.10 Å². The van der Waals surface area contributed by atoms with E-state index in [4.69, 9.17) is 4.74 Å². The predicted molar refractivity (Wildman–Crippen MR) is 84.3 cm³/mol. The Morgan fingerprint density at radius 1 is 1.24 bits per heavy atom. The fraction of sp³-hybridized carbons (Fsp3) is 0.632. The van der Waals surface area contributed by atoms with Gasteiger partial charge in [-0.1, -0.05) is 51.1 Å². The van der Waals surface area contributed by atoms with Crippen molar-refractivity contribution in [3.05, 3.63) is 35.9 Å². The summed E-state index contributed by atoms with van der Waals surface area (Å²) in [5.74, 6) is 1.18. The normalized spacial score (nSPS) is 32.1. The van der Waals surface area contributed by atoms with Crippen molar-refractivity contribution in [3.8, 4) is 0 Å². The number of ether oxygens (including phenoxy) is 1. The quantitative estimate of drug-likeness (QED) is 0.823. The first-order valence-electron chi connectivity index (χ1n) is 8.27. The van der Waals surface area contributed by atoms with Gasteiger partial charge >= 0.3 is 0 Å². The van der Waals surface area contributed by atoms with E-state index in [2.05, 4.69) is 51.1 Å². The Balaban J connectivity index is 1.77. The SMILES string of the molecule is CCC(C)(C)C(=O)C1OC2CCC1CC2c1ccccc1. The molecule has 114 valence electrons. The Morgan fingerprint density at radius 2 is 1.95 bits per heavy atom. The van der Waals surface area contributed by atoms with Crippen molar-refractivity contribution in [2.24, 2.45) is 11.3 Å². The lowest BCUT2D eigenvalue weighted by atomic mass is 9.67. The van der Waals surface area contributed by atoms with Crippen molar-refractivity contribution in [3.63, 3.8) is 0 Å². The van der Waals surface area contributed by atoms with E-state index in [1.807, 2.05) is 0 Å². The maximum Gasteiger partial charge on any atom is 0.167 e. The maximum atomic E-state index is 12.8. The Hall–Kier alpha value is -1.15. The molecule has 3 fully saturated rings. The van der Waals surface area contributed by atoms with Crippen molar-refractivity contribution < 1.29 is 9.53 Å². The van der Waals surface area contributed by atoms with Gasteiger partial charge in [-0.3, -0.25) is 4.79 Å². The molecular weight excluding hydrogens is 260 g/mol. The molecule has 2 bridgehead atoms. The van der Waals surface area contributed by atoms with Crippen LogP contribution >= 0.6 is 0 Å². The zero-order valence-corrected chi connectivity index (χ0v) is 13.3. The number of Topliss-reactive ketones (excluding diaryl/α,β-unsaturated/α-hetero) is 1. The van der Waals surface area contributed by atoms with Gasteiger partial charge in [0.1, 0.15) is 6.10 Å². The number of carbonyl (C=O) groups is 1. The van der Waals surface area contributed by atoms with E-state index in [9.17, 15) is 4.79 Å². The molecule has 4 unspecified atom stereocenters. The number of benzene rings is 1. The van der Waals surface area contributed by atoms with Crippen molar-refractivity contribution in [2.45, 2.75) is 64.6 Å². The molecule has 4 rings (SSSR count). The molecule has 1 aliphatic carbocycles. The van der Waals surface area contributed by atoms with Gasteiger partial charge in [-0.2, -0.15) is 0 Å². The number of ketones is 1. The second-order valence-electron chi connectivity index (χ2n) is 7.29. The van der Waals surface area contributed by atoms with E-state index in [1.165, 1.54) is 5.56 Å². The van der Waals surface area contributed by atoms with E-state index in [-0.39, 0.29) is 17.6 Å². The molecule has 2 heteroatoms. The summed E-state index contributed by atoms with van der Waals surface area (Å²) in [7, 11) is 0. The Morgan fingerprint density at radius 3 is 2.52 bits per heavy atom. The average molecular weight is 286 g/mol. The van der Waals surface area contributed by atoms with Crippen molar-refractivity contribution in [1.29, 1.82) is 0 Å². The summed E-state index contributed by atoms with van der Waals surface area (Å²) in [6, 6.07) is 10.6. The van der Waals surface area contributed by atoms with Crippen LogP contribution in [0.15, 0.2) is 30.3 Å². The molecule has 0 amide bonds. The molecule has 2 aliphatic heterocycles. The Labute approximate surface area is 127 Å². The van der Waals surface area contributed by atoms with Crippen LogP contribution in [0.3, 0.4) is 0 Å². The van der Waals surface area contributed by atoms with Gasteiger partial charge in [-0.15, -0.1) is 0 Å². The zero-order chi connectivity index (χ0) is 15.0. The fourth-order valence-electron chi connectivity index (χ4n) is 3.80. The van der Waals surface area contributed by atoms with Crippen LogP contribution in [-0.2, 0) is 9.53 Å².